The predicted octanol–water partition coefficient (Wildman–Crippen LogP) is -0.310. The number of carboxylic acids is 1. The van der Waals surface area contributed by atoms with E-state index in [2.05, 4.69) is 4.72 Å². The lowest BCUT2D eigenvalue weighted by atomic mass is 10.0. The van der Waals surface area contributed by atoms with E-state index in [1.54, 1.807) is 24.3 Å². The number of hydrogen-bond donors (Lipinski definition) is 3. The molecule has 18 heavy (non-hydrogen) atoms. The molecule has 0 aliphatic heterocycles. The molecule has 0 unspecified atom stereocenters. The summed E-state index contributed by atoms with van der Waals surface area (Å²) in [6.45, 7) is 0.212. The van der Waals surface area contributed by atoms with Crippen LogP contribution in [0.2, 0.25) is 0 Å². The predicted molar refractivity (Wildman–Crippen MR) is 67.4 cm³/mol. The first-order valence-electron chi connectivity index (χ1n) is 5.29. The first-order chi connectivity index (χ1) is 8.28. The summed E-state index contributed by atoms with van der Waals surface area (Å²) < 4.78 is 24.2. The molecule has 0 saturated heterocycles. The van der Waals surface area contributed by atoms with Gasteiger partial charge in [0.15, 0.2) is 0 Å². The molecule has 4 N–H and O–H groups in total. The molecule has 0 spiro atoms. The van der Waals surface area contributed by atoms with Crippen LogP contribution in [-0.4, -0.2) is 31.8 Å². The van der Waals surface area contributed by atoms with Gasteiger partial charge in [0.2, 0.25) is 10.0 Å². The number of sulfonamides is 1. The number of benzene rings is 1. The van der Waals surface area contributed by atoms with Crippen LogP contribution in [0.1, 0.15) is 11.1 Å². The quantitative estimate of drug-likeness (QED) is 0.658. The van der Waals surface area contributed by atoms with Crippen molar-refractivity contribution in [2.45, 2.75) is 19.0 Å². The highest BCUT2D eigenvalue weighted by Gasteiger charge is 2.11. The number of aliphatic carboxylic acids is 1. The molecule has 0 fully saturated rings. The van der Waals surface area contributed by atoms with Gasteiger partial charge >= 0.3 is 5.97 Å². The zero-order valence-corrected chi connectivity index (χ0v) is 10.8. The van der Waals surface area contributed by atoms with Gasteiger partial charge in [0.25, 0.3) is 0 Å². The fourth-order valence-corrected chi connectivity index (χ4v) is 1.78. The zero-order chi connectivity index (χ0) is 13.8. The highest BCUT2D eigenvalue weighted by molar-refractivity contribution is 7.88. The average molecular weight is 272 g/mol. The Morgan fingerprint density at radius 2 is 1.83 bits per heavy atom. The largest absolute Gasteiger partial charge is 0.480 e. The Morgan fingerprint density at radius 3 is 2.28 bits per heavy atom. The third kappa shape index (κ3) is 5.26. The highest BCUT2D eigenvalue weighted by atomic mass is 32.2. The molecule has 0 amide bonds. The molecule has 1 aromatic rings. The van der Waals surface area contributed by atoms with Crippen molar-refractivity contribution in [3.05, 3.63) is 35.4 Å². The van der Waals surface area contributed by atoms with Gasteiger partial charge in [-0.15, -0.1) is 0 Å². The standard InChI is InChI=1S/C11H16N2O4S/c1-18(16,17)13-7-9-4-2-8(3-5-9)6-10(12)11(14)15/h2-5,10,13H,6-7,12H2,1H3,(H,14,15)/t10-/m0/s1. The average Bonchev–Trinajstić information content (AvgIpc) is 2.27. The van der Waals surface area contributed by atoms with Crippen molar-refractivity contribution in [3.8, 4) is 0 Å². The van der Waals surface area contributed by atoms with Crippen LogP contribution in [0.4, 0.5) is 0 Å². The lowest BCUT2D eigenvalue weighted by molar-refractivity contribution is -0.138. The molecular formula is C11H16N2O4S. The summed E-state index contributed by atoms with van der Waals surface area (Å²) >= 11 is 0. The Kier molecular flexibility index (Phi) is 4.83. The zero-order valence-electron chi connectivity index (χ0n) is 9.96. The topological polar surface area (TPSA) is 109 Å². The van der Waals surface area contributed by atoms with E-state index < -0.39 is 22.0 Å². The van der Waals surface area contributed by atoms with Gasteiger partial charge in [0, 0.05) is 6.54 Å². The van der Waals surface area contributed by atoms with Crippen molar-refractivity contribution in [2.24, 2.45) is 5.73 Å². The van der Waals surface area contributed by atoms with Crippen molar-refractivity contribution in [3.63, 3.8) is 0 Å². The number of rotatable bonds is 6. The van der Waals surface area contributed by atoms with Crippen LogP contribution in [0.5, 0.6) is 0 Å². The molecule has 0 aromatic heterocycles. The van der Waals surface area contributed by atoms with Gasteiger partial charge in [-0.05, 0) is 17.5 Å². The van der Waals surface area contributed by atoms with Crippen LogP contribution >= 0.6 is 0 Å². The number of carboxylic acid groups (broad SMARTS) is 1. The summed E-state index contributed by atoms with van der Waals surface area (Å²) in [4.78, 5) is 10.6. The highest BCUT2D eigenvalue weighted by Crippen LogP contribution is 2.06. The third-order valence-electron chi connectivity index (χ3n) is 2.33. The smallest absolute Gasteiger partial charge is 0.320 e. The molecule has 0 saturated carbocycles. The van der Waals surface area contributed by atoms with E-state index in [4.69, 9.17) is 10.8 Å². The molecule has 1 aromatic carbocycles. The van der Waals surface area contributed by atoms with Gasteiger partial charge < -0.3 is 10.8 Å². The Balaban J connectivity index is 2.60. The fraction of sp³-hybridized carbons (Fsp3) is 0.364. The Labute approximate surface area is 106 Å². The molecule has 0 radical (unpaired) electrons. The van der Waals surface area contributed by atoms with Crippen LogP contribution in [0.15, 0.2) is 24.3 Å². The molecule has 7 heteroatoms. The van der Waals surface area contributed by atoms with E-state index in [1.807, 2.05) is 0 Å². The SMILES string of the molecule is CS(=O)(=O)NCc1ccc(C[C@H](N)C(=O)O)cc1. The van der Waals surface area contributed by atoms with Gasteiger partial charge in [0.1, 0.15) is 6.04 Å². The van der Waals surface area contributed by atoms with E-state index in [0.29, 0.717) is 0 Å². The van der Waals surface area contributed by atoms with E-state index in [9.17, 15) is 13.2 Å². The first kappa shape index (κ1) is 14.6. The van der Waals surface area contributed by atoms with Crippen molar-refractivity contribution in [1.82, 2.24) is 4.72 Å². The van der Waals surface area contributed by atoms with E-state index in [0.717, 1.165) is 17.4 Å². The normalized spacial score (nSPS) is 13.2. The lowest BCUT2D eigenvalue weighted by Crippen LogP contribution is -2.32. The molecule has 1 atom stereocenters. The summed E-state index contributed by atoms with van der Waals surface area (Å²) in [6.07, 6.45) is 1.34. The van der Waals surface area contributed by atoms with E-state index in [1.165, 1.54) is 0 Å². The van der Waals surface area contributed by atoms with Gasteiger partial charge in [-0.25, -0.2) is 13.1 Å². The Morgan fingerprint density at radius 1 is 1.33 bits per heavy atom. The lowest BCUT2D eigenvalue weighted by Gasteiger charge is -2.07. The summed E-state index contributed by atoms with van der Waals surface area (Å²) in [5, 5.41) is 8.67. The number of nitrogens with one attached hydrogen (secondary N) is 1. The van der Waals surface area contributed by atoms with Crippen LogP contribution < -0.4 is 10.5 Å². The van der Waals surface area contributed by atoms with E-state index in [-0.39, 0.29) is 13.0 Å². The number of nitrogens with two attached hydrogens (primary N) is 1. The fourth-order valence-electron chi connectivity index (χ4n) is 1.35. The molecule has 1 rings (SSSR count). The Bertz CT molecular complexity index is 510. The second kappa shape index (κ2) is 5.94. The molecule has 0 aliphatic carbocycles. The summed E-state index contributed by atoms with van der Waals surface area (Å²) in [7, 11) is -3.21. The third-order valence-corrected chi connectivity index (χ3v) is 3.00. The molecule has 0 heterocycles. The monoisotopic (exact) mass is 272 g/mol. The van der Waals surface area contributed by atoms with Gasteiger partial charge in [-0.3, -0.25) is 4.79 Å². The van der Waals surface area contributed by atoms with Gasteiger partial charge in [0.05, 0.1) is 6.26 Å². The number of carbonyl (C=O) groups is 1. The minimum absolute atomic E-state index is 0.212. The number of hydrogen-bond acceptors (Lipinski definition) is 4. The minimum Gasteiger partial charge on any atom is -0.480 e. The second-order valence-corrected chi connectivity index (χ2v) is 5.89. The maximum absolute atomic E-state index is 10.9. The maximum atomic E-state index is 10.9. The van der Waals surface area contributed by atoms with Gasteiger partial charge in [-0.1, -0.05) is 24.3 Å². The van der Waals surface area contributed by atoms with Crippen LogP contribution in [-0.2, 0) is 27.8 Å². The van der Waals surface area contributed by atoms with Gasteiger partial charge in [-0.2, -0.15) is 0 Å². The van der Waals surface area contributed by atoms with E-state index >= 15 is 0 Å². The molecule has 0 aliphatic rings. The molecule has 0 bridgehead atoms. The van der Waals surface area contributed by atoms with Crippen LogP contribution in [0, 0.1) is 0 Å². The van der Waals surface area contributed by atoms with Crippen molar-refractivity contribution in [2.75, 3.05) is 6.26 Å². The summed E-state index contributed by atoms with van der Waals surface area (Å²) in [5.74, 6) is -1.04. The first-order valence-corrected chi connectivity index (χ1v) is 7.18. The van der Waals surface area contributed by atoms with Crippen molar-refractivity contribution >= 4 is 16.0 Å². The van der Waals surface area contributed by atoms with Crippen LogP contribution in [0.3, 0.4) is 0 Å². The summed E-state index contributed by atoms with van der Waals surface area (Å²) in [6, 6.07) is 6.03. The maximum Gasteiger partial charge on any atom is 0.320 e. The van der Waals surface area contributed by atoms with Crippen molar-refractivity contribution < 1.29 is 18.3 Å². The minimum atomic E-state index is -3.21. The summed E-state index contributed by atoms with van der Waals surface area (Å²) in [5.41, 5.74) is 7.01. The molecular weight excluding hydrogens is 256 g/mol. The molecule has 6 nitrogen and oxygen atoms in total. The second-order valence-electron chi connectivity index (χ2n) is 4.06. The van der Waals surface area contributed by atoms with Crippen molar-refractivity contribution in [1.29, 1.82) is 0 Å². The van der Waals surface area contributed by atoms with Crippen LogP contribution in [0.25, 0.3) is 0 Å². The Hall–Kier alpha value is -1.44. The molecule has 100 valence electrons.